The number of amides is 1. The van der Waals surface area contributed by atoms with Crippen molar-refractivity contribution in [3.05, 3.63) is 83.3 Å². The first-order valence-corrected chi connectivity index (χ1v) is 11.7. The Balaban J connectivity index is 1.79. The molecule has 4 aromatic rings. The Labute approximate surface area is 196 Å². The molecule has 0 saturated carbocycles. The molecule has 0 aliphatic rings. The van der Waals surface area contributed by atoms with Crippen LogP contribution in [0.25, 0.3) is 22.8 Å². The summed E-state index contributed by atoms with van der Waals surface area (Å²) in [5.74, 6) is -0.205. The number of hydrogen-bond acceptors (Lipinski definition) is 6. The second-order valence-corrected chi connectivity index (χ2v) is 9.77. The normalized spacial score (nSPS) is 11.5. The molecule has 34 heavy (non-hydrogen) atoms. The zero-order valence-corrected chi connectivity index (χ0v) is 19.5. The highest BCUT2D eigenvalue weighted by Gasteiger charge is 2.18. The lowest BCUT2D eigenvalue weighted by Gasteiger charge is -2.13. The van der Waals surface area contributed by atoms with E-state index in [-0.39, 0.29) is 21.9 Å². The Bertz CT molecular complexity index is 1540. The van der Waals surface area contributed by atoms with Gasteiger partial charge in [-0.05, 0) is 42.5 Å². The third-order valence-corrected chi connectivity index (χ3v) is 6.78. The highest BCUT2D eigenvalue weighted by atomic mass is 32.2. The first-order valence-electron chi connectivity index (χ1n) is 10.2. The Morgan fingerprint density at radius 2 is 1.74 bits per heavy atom. The smallest absolute Gasteiger partial charge is 0.242 e. The number of carbonyl (C=O) groups is 1. The summed E-state index contributed by atoms with van der Waals surface area (Å²) >= 11 is 0. The van der Waals surface area contributed by atoms with Crippen molar-refractivity contribution in [3.63, 3.8) is 0 Å². The number of carbonyl (C=O) groups excluding carboxylic acids is 1. The van der Waals surface area contributed by atoms with Crippen LogP contribution in [0.5, 0.6) is 0 Å². The van der Waals surface area contributed by atoms with E-state index in [0.717, 1.165) is 4.31 Å². The minimum absolute atomic E-state index is 0.108. The van der Waals surface area contributed by atoms with Crippen LogP contribution in [-0.4, -0.2) is 52.3 Å². The number of aromatic nitrogens is 4. The van der Waals surface area contributed by atoms with Gasteiger partial charge in [-0.2, -0.15) is 10.2 Å². The van der Waals surface area contributed by atoms with Gasteiger partial charge in [0.25, 0.3) is 0 Å². The molecule has 0 fully saturated rings. The van der Waals surface area contributed by atoms with Crippen LogP contribution in [0.3, 0.4) is 0 Å². The highest BCUT2D eigenvalue weighted by molar-refractivity contribution is 7.89. The summed E-state index contributed by atoms with van der Waals surface area (Å²) in [4.78, 5) is 24.3. The first-order chi connectivity index (χ1) is 16.2. The maximum absolute atomic E-state index is 12.7. The third kappa shape index (κ3) is 4.51. The number of nitrogens with zero attached hydrogens (tertiary/aromatic N) is 5. The van der Waals surface area contributed by atoms with E-state index < -0.39 is 10.0 Å². The molecule has 2 heterocycles. The topological polar surface area (TPSA) is 119 Å². The van der Waals surface area contributed by atoms with Crippen molar-refractivity contribution in [2.45, 2.75) is 11.8 Å². The number of hydrogen-bond donors (Lipinski definition) is 1. The van der Waals surface area contributed by atoms with E-state index in [9.17, 15) is 18.0 Å². The fourth-order valence-electron chi connectivity index (χ4n) is 3.33. The summed E-state index contributed by atoms with van der Waals surface area (Å²) < 4.78 is 29.2. The minimum atomic E-state index is -3.64. The molecule has 0 atom stereocenters. The molecule has 4 rings (SSSR count). The van der Waals surface area contributed by atoms with Gasteiger partial charge in [0, 0.05) is 39.0 Å². The number of rotatable bonds is 6. The molecule has 0 aliphatic heterocycles. The summed E-state index contributed by atoms with van der Waals surface area (Å²) in [7, 11) is -0.722. The number of benzene rings is 2. The lowest BCUT2D eigenvalue weighted by atomic mass is 10.2. The molecule has 2 aromatic carbocycles. The predicted octanol–water partition coefficient (Wildman–Crippen LogP) is 2.29. The van der Waals surface area contributed by atoms with Crippen LogP contribution < -0.4 is 10.7 Å². The van der Waals surface area contributed by atoms with Gasteiger partial charge in [0.2, 0.25) is 21.4 Å². The summed E-state index contributed by atoms with van der Waals surface area (Å²) in [5, 5.41) is 11.5. The van der Waals surface area contributed by atoms with Crippen LogP contribution in [0.4, 0.5) is 5.69 Å². The van der Waals surface area contributed by atoms with Crippen LogP contribution in [0.1, 0.15) is 6.92 Å². The Kier molecular flexibility index (Phi) is 6.14. The van der Waals surface area contributed by atoms with Crippen molar-refractivity contribution >= 4 is 21.6 Å². The van der Waals surface area contributed by atoms with Crippen LogP contribution in [0.15, 0.2) is 82.7 Å². The maximum atomic E-state index is 12.7. The summed E-state index contributed by atoms with van der Waals surface area (Å²) in [6.45, 7) is 1.42. The Hall–Kier alpha value is -4.09. The second kappa shape index (κ2) is 9.04. The van der Waals surface area contributed by atoms with E-state index in [1.807, 2.05) is 0 Å². The molecule has 0 radical (unpaired) electrons. The molecule has 174 valence electrons. The quantitative estimate of drug-likeness (QED) is 0.454. The average Bonchev–Trinajstić information content (AvgIpc) is 3.29. The molecule has 0 unspecified atom stereocenters. The lowest BCUT2D eigenvalue weighted by molar-refractivity contribution is -0.114. The van der Waals surface area contributed by atoms with Crippen molar-refractivity contribution in [2.75, 3.05) is 19.4 Å². The van der Waals surface area contributed by atoms with Gasteiger partial charge >= 0.3 is 0 Å². The molecule has 0 saturated heterocycles. The van der Waals surface area contributed by atoms with Crippen LogP contribution in [-0.2, 0) is 14.8 Å². The minimum Gasteiger partial charge on any atom is -0.326 e. The monoisotopic (exact) mass is 478 g/mol. The molecule has 1 N–H and O–H groups in total. The number of anilines is 1. The average molecular weight is 479 g/mol. The Morgan fingerprint density at radius 1 is 1.00 bits per heavy atom. The number of sulfonamides is 1. The second-order valence-electron chi connectivity index (χ2n) is 7.62. The fourth-order valence-corrected chi connectivity index (χ4v) is 4.28. The van der Waals surface area contributed by atoms with E-state index in [0.29, 0.717) is 22.8 Å². The van der Waals surface area contributed by atoms with Gasteiger partial charge in [0.1, 0.15) is 0 Å². The highest BCUT2D eigenvalue weighted by Crippen LogP contribution is 2.22. The van der Waals surface area contributed by atoms with Crippen LogP contribution >= 0.6 is 0 Å². The van der Waals surface area contributed by atoms with Crippen molar-refractivity contribution in [1.29, 1.82) is 0 Å². The van der Waals surface area contributed by atoms with Crippen LogP contribution in [0.2, 0.25) is 0 Å². The predicted molar refractivity (Wildman–Crippen MR) is 128 cm³/mol. The third-order valence-electron chi connectivity index (χ3n) is 4.97. The summed E-state index contributed by atoms with van der Waals surface area (Å²) in [5.41, 5.74) is 1.93. The van der Waals surface area contributed by atoms with E-state index in [4.69, 9.17) is 0 Å². The molecular formula is C23H22N6O4S. The first kappa shape index (κ1) is 23.1. The molecular weight excluding hydrogens is 456 g/mol. The molecule has 11 heteroatoms. The molecule has 1 amide bonds. The van der Waals surface area contributed by atoms with Crippen LogP contribution in [0, 0.1) is 0 Å². The summed E-state index contributed by atoms with van der Waals surface area (Å²) in [6.07, 6.45) is 3.02. The van der Waals surface area contributed by atoms with Crippen molar-refractivity contribution in [1.82, 2.24) is 23.9 Å². The van der Waals surface area contributed by atoms with E-state index in [1.165, 1.54) is 50.1 Å². The Morgan fingerprint density at radius 3 is 2.47 bits per heavy atom. The van der Waals surface area contributed by atoms with Gasteiger partial charge in [0.05, 0.1) is 28.2 Å². The van der Waals surface area contributed by atoms with E-state index in [1.54, 1.807) is 53.3 Å². The van der Waals surface area contributed by atoms with Gasteiger partial charge < -0.3 is 5.32 Å². The zero-order valence-electron chi connectivity index (χ0n) is 18.7. The molecule has 0 bridgehead atoms. The molecule has 2 aromatic heterocycles. The molecule has 0 aliphatic carbocycles. The van der Waals surface area contributed by atoms with E-state index >= 15 is 0 Å². The summed E-state index contributed by atoms with van der Waals surface area (Å²) in [6, 6.07) is 16.4. The van der Waals surface area contributed by atoms with Crippen molar-refractivity contribution in [2.24, 2.45) is 0 Å². The molecule has 0 spiro atoms. The standard InChI is InChI=1S/C23H22N6O4S/c1-16(30)25-17-6-4-8-19(14-17)29-21(10-12-24-29)23-22(31)11-13-28(26-23)18-7-5-9-20(15-18)34(32,33)27(2)3/h4-15H,1-3H3,(H,25,30). The SMILES string of the molecule is CC(=O)Nc1cccc(-n2nccc2-c2nn(-c3cccc(S(=O)(=O)N(C)C)c3)ccc2=O)c1. The molecule has 10 nitrogen and oxygen atoms in total. The van der Waals surface area contributed by atoms with Gasteiger partial charge in [-0.3, -0.25) is 9.59 Å². The van der Waals surface area contributed by atoms with E-state index in [2.05, 4.69) is 15.5 Å². The van der Waals surface area contributed by atoms with Gasteiger partial charge in [-0.25, -0.2) is 22.1 Å². The van der Waals surface area contributed by atoms with Gasteiger partial charge in [0.15, 0.2) is 5.69 Å². The van der Waals surface area contributed by atoms with Crippen molar-refractivity contribution < 1.29 is 13.2 Å². The van der Waals surface area contributed by atoms with Crippen molar-refractivity contribution in [3.8, 4) is 22.8 Å². The van der Waals surface area contributed by atoms with Gasteiger partial charge in [-0.1, -0.05) is 12.1 Å². The maximum Gasteiger partial charge on any atom is 0.242 e. The van der Waals surface area contributed by atoms with Gasteiger partial charge in [-0.15, -0.1) is 0 Å². The largest absolute Gasteiger partial charge is 0.326 e. The fraction of sp³-hybridized carbons (Fsp3) is 0.130. The lowest BCUT2D eigenvalue weighted by Crippen LogP contribution is -2.22. The number of nitrogens with one attached hydrogen (secondary N) is 1. The zero-order chi connectivity index (χ0) is 24.5.